The van der Waals surface area contributed by atoms with Gasteiger partial charge in [-0.3, -0.25) is 4.79 Å². The van der Waals surface area contributed by atoms with Crippen molar-refractivity contribution in [2.45, 2.75) is 32.2 Å². The van der Waals surface area contributed by atoms with Crippen molar-refractivity contribution in [3.05, 3.63) is 23.8 Å². The van der Waals surface area contributed by atoms with Crippen LogP contribution in [0.15, 0.2) is 18.2 Å². The summed E-state index contributed by atoms with van der Waals surface area (Å²) in [5.41, 5.74) is 1.34. The van der Waals surface area contributed by atoms with Crippen LogP contribution in [0.1, 0.15) is 37.8 Å². The van der Waals surface area contributed by atoms with Crippen molar-refractivity contribution >= 4 is 18.3 Å². The summed E-state index contributed by atoms with van der Waals surface area (Å²) in [7, 11) is 0. The molecular formula is C18H25ClN2O3. The van der Waals surface area contributed by atoms with Gasteiger partial charge in [0.25, 0.3) is 0 Å². The minimum atomic E-state index is -0.0160. The lowest BCUT2D eigenvalue weighted by Gasteiger charge is -2.24. The number of carbonyl (C=O) groups is 1. The molecule has 3 aliphatic rings. The first-order valence-corrected chi connectivity index (χ1v) is 8.59. The van der Waals surface area contributed by atoms with Crippen molar-refractivity contribution in [2.75, 3.05) is 26.3 Å². The van der Waals surface area contributed by atoms with Crippen LogP contribution in [0.5, 0.6) is 11.5 Å². The first-order chi connectivity index (χ1) is 11.2. The Morgan fingerprint density at radius 3 is 2.71 bits per heavy atom. The average molecular weight is 353 g/mol. The Bertz CT molecular complexity index is 616. The zero-order valence-corrected chi connectivity index (χ0v) is 14.8. The molecule has 2 atom stereocenters. The van der Waals surface area contributed by atoms with Crippen LogP contribution in [-0.4, -0.2) is 32.2 Å². The molecule has 0 radical (unpaired) electrons. The van der Waals surface area contributed by atoms with Gasteiger partial charge in [-0.05, 0) is 62.4 Å². The number of hydrogen-bond donors (Lipinski definition) is 2. The maximum Gasteiger partial charge on any atom is 0.224 e. The number of carbonyl (C=O) groups excluding carboxylic acids is 1. The monoisotopic (exact) mass is 352 g/mol. The molecule has 4 rings (SSSR count). The van der Waals surface area contributed by atoms with Gasteiger partial charge in [0, 0.05) is 5.92 Å². The van der Waals surface area contributed by atoms with Crippen molar-refractivity contribution in [1.82, 2.24) is 10.6 Å². The molecule has 1 amide bonds. The smallest absolute Gasteiger partial charge is 0.224 e. The van der Waals surface area contributed by atoms with E-state index < -0.39 is 0 Å². The van der Waals surface area contributed by atoms with Gasteiger partial charge < -0.3 is 20.1 Å². The highest BCUT2D eigenvalue weighted by molar-refractivity contribution is 5.85. The molecule has 2 heterocycles. The van der Waals surface area contributed by atoms with Crippen molar-refractivity contribution in [1.29, 1.82) is 0 Å². The fourth-order valence-electron chi connectivity index (χ4n) is 3.92. The molecule has 1 aromatic carbocycles. The second-order valence-electron chi connectivity index (χ2n) is 7.00. The molecule has 0 bridgehead atoms. The van der Waals surface area contributed by atoms with Gasteiger partial charge >= 0.3 is 0 Å². The molecule has 0 aromatic heterocycles. The molecule has 1 aliphatic carbocycles. The van der Waals surface area contributed by atoms with E-state index in [1.54, 1.807) is 0 Å². The minimum Gasteiger partial charge on any atom is -0.486 e. The van der Waals surface area contributed by atoms with Gasteiger partial charge in [0.15, 0.2) is 11.5 Å². The van der Waals surface area contributed by atoms with Crippen LogP contribution in [0, 0.1) is 11.3 Å². The first kappa shape index (κ1) is 17.4. The molecule has 2 fully saturated rings. The highest BCUT2D eigenvalue weighted by Gasteiger charge is 2.57. The third kappa shape index (κ3) is 3.20. The fraction of sp³-hybridized carbons (Fsp3) is 0.611. The number of benzene rings is 1. The normalized spacial score (nSPS) is 24.6. The maximum atomic E-state index is 12.6. The number of fused-ring (bicyclic) bond motifs is 1. The van der Waals surface area contributed by atoms with E-state index in [9.17, 15) is 4.79 Å². The molecule has 6 heteroatoms. The summed E-state index contributed by atoms with van der Waals surface area (Å²) in [5, 5.41) is 6.56. The Balaban J connectivity index is 0.00000169. The Morgan fingerprint density at radius 1 is 1.25 bits per heavy atom. The van der Waals surface area contributed by atoms with E-state index in [0.717, 1.165) is 49.4 Å². The van der Waals surface area contributed by atoms with Crippen LogP contribution in [-0.2, 0) is 4.79 Å². The largest absolute Gasteiger partial charge is 0.486 e. The predicted octanol–water partition coefficient (Wildman–Crippen LogP) is 2.45. The van der Waals surface area contributed by atoms with Crippen LogP contribution in [0.4, 0.5) is 0 Å². The van der Waals surface area contributed by atoms with Crippen LogP contribution in [0.25, 0.3) is 0 Å². The average Bonchev–Trinajstić information content (AvgIpc) is 3.28. The van der Waals surface area contributed by atoms with Gasteiger partial charge in [0.05, 0.1) is 6.04 Å². The number of piperidine rings is 1. The van der Waals surface area contributed by atoms with Crippen molar-refractivity contribution in [2.24, 2.45) is 11.3 Å². The summed E-state index contributed by atoms with van der Waals surface area (Å²) >= 11 is 0. The van der Waals surface area contributed by atoms with Gasteiger partial charge in [-0.25, -0.2) is 0 Å². The lowest BCUT2D eigenvalue weighted by molar-refractivity contribution is -0.123. The number of hydrogen-bond acceptors (Lipinski definition) is 4. The highest BCUT2D eigenvalue weighted by atomic mass is 35.5. The van der Waals surface area contributed by atoms with E-state index in [1.165, 1.54) is 0 Å². The second kappa shape index (κ2) is 6.81. The number of amides is 1. The molecule has 132 valence electrons. The maximum absolute atomic E-state index is 12.6. The SMILES string of the molecule is CC(NC(=O)C1CC12CCNCC2)c1ccc2c(c1)OCCO2.Cl. The molecule has 1 saturated carbocycles. The third-order valence-corrected chi connectivity index (χ3v) is 5.53. The molecule has 1 aromatic rings. The van der Waals surface area contributed by atoms with E-state index in [4.69, 9.17) is 9.47 Å². The van der Waals surface area contributed by atoms with E-state index >= 15 is 0 Å². The summed E-state index contributed by atoms with van der Waals surface area (Å²) in [5.74, 6) is 1.96. The summed E-state index contributed by atoms with van der Waals surface area (Å²) < 4.78 is 11.2. The van der Waals surface area contributed by atoms with Crippen LogP contribution in [0.3, 0.4) is 0 Å². The van der Waals surface area contributed by atoms with Gasteiger partial charge in [-0.1, -0.05) is 6.07 Å². The fourth-order valence-corrected chi connectivity index (χ4v) is 3.92. The zero-order chi connectivity index (χ0) is 15.9. The van der Waals surface area contributed by atoms with E-state index in [1.807, 2.05) is 25.1 Å². The minimum absolute atomic E-state index is 0. The molecule has 5 nitrogen and oxygen atoms in total. The lowest BCUT2D eigenvalue weighted by Crippen LogP contribution is -2.34. The Kier molecular flexibility index (Phi) is 4.92. The number of ether oxygens (including phenoxy) is 2. The summed E-state index contributed by atoms with van der Waals surface area (Å²) in [6, 6.07) is 5.90. The molecular weight excluding hydrogens is 328 g/mol. The van der Waals surface area contributed by atoms with Gasteiger partial charge in [0.2, 0.25) is 5.91 Å². The topological polar surface area (TPSA) is 59.6 Å². The third-order valence-electron chi connectivity index (χ3n) is 5.53. The molecule has 1 saturated heterocycles. The second-order valence-corrected chi connectivity index (χ2v) is 7.00. The molecule has 2 N–H and O–H groups in total. The van der Waals surface area contributed by atoms with Crippen LogP contribution < -0.4 is 20.1 Å². The van der Waals surface area contributed by atoms with Gasteiger partial charge in [-0.15, -0.1) is 12.4 Å². The quantitative estimate of drug-likeness (QED) is 0.877. The number of rotatable bonds is 3. The summed E-state index contributed by atoms with van der Waals surface area (Å²) in [6.07, 6.45) is 3.31. The molecule has 2 unspecified atom stereocenters. The Labute approximate surface area is 148 Å². The van der Waals surface area contributed by atoms with Gasteiger partial charge in [0.1, 0.15) is 13.2 Å². The lowest BCUT2D eigenvalue weighted by atomic mass is 9.91. The molecule has 24 heavy (non-hydrogen) atoms. The van der Waals surface area contributed by atoms with Crippen molar-refractivity contribution < 1.29 is 14.3 Å². The Morgan fingerprint density at radius 2 is 1.96 bits per heavy atom. The molecule has 1 spiro atoms. The molecule has 2 aliphatic heterocycles. The van der Waals surface area contributed by atoms with Crippen molar-refractivity contribution in [3.8, 4) is 11.5 Å². The van der Waals surface area contributed by atoms with Crippen LogP contribution >= 0.6 is 12.4 Å². The van der Waals surface area contributed by atoms with E-state index in [2.05, 4.69) is 10.6 Å². The van der Waals surface area contributed by atoms with E-state index in [-0.39, 0.29) is 35.7 Å². The highest BCUT2D eigenvalue weighted by Crippen LogP contribution is 2.58. The van der Waals surface area contributed by atoms with Gasteiger partial charge in [-0.2, -0.15) is 0 Å². The first-order valence-electron chi connectivity index (χ1n) is 8.59. The summed E-state index contributed by atoms with van der Waals surface area (Å²) in [6.45, 7) is 5.29. The summed E-state index contributed by atoms with van der Waals surface area (Å²) in [4.78, 5) is 12.6. The zero-order valence-electron chi connectivity index (χ0n) is 14.0. The van der Waals surface area contributed by atoms with Crippen molar-refractivity contribution in [3.63, 3.8) is 0 Å². The number of halogens is 1. The Hall–Kier alpha value is -1.46. The predicted molar refractivity (Wildman–Crippen MR) is 93.9 cm³/mol. The van der Waals surface area contributed by atoms with E-state index in [0.29, 0.717) is 13.2 Å². The number of nitrogens with one attached hydrogen (secondary N) is 2. The van der Waals surface area contributed by atoms with Crippen LogP contribution in [0.2, 0.25) is 0 Å². The standard InChI is InChI=1S/C18H24N2O3.ClH/c1-12(13-2-3-15-16(10-13)23-9-8-22-15)20-17(21)14-11-18(14)4-6-19-7-5-18;/h2-3,10,12,14,19H,4-9,11H2,1H3,(H,20,21);1H.